The molecule has 2 aromatic rings. The Morgan fingerprint density at radius 3 is 2.64 bits per heavy atom. The number of nitrogens with zero attached hydrogens (tertiary/aromatic N) is 3. The van der Waals surface area contributed by atoms with E-state index < -0.39 is 11.7 Å². The maximum absolute atomic E-state index is 13.1. The normalized spacial score (nSPS) is 13.7. The van der Waals surface area contributed by atoms with Gasteiger partial charge >= 0.3 is 6.18 Å². The first-order valence-corrected chi connectivity index (χ1v) is 6.90. The molecule has 2 heterocycles. The van der Waals surface area contributed by atoms with Gasteiger partial charge in [0.25, 0.3) is 0 Å². The second kappa shape index (κ2) is 4.86. The quantitative estimate of drug-likeness (QED) is 0.924. The fourth-order valence-corrected chi connectivity index (χ4v) is 2.81. The number of anilines is 1. The lowest BCUT2D eigenvalue weighted by molar-refractivity contribution is -0.137. The van der Waals surface area contributed by atoms with Crippen molar-refractivity contribution in [2.45, 2.75) is 33.1 Å². The minimum Gasteiger partial charge on any atom is -0.382 e. The highest BCUT2D eigenvalue weighted by Gasteiger charge is 2.33. The van der Waals surface area contributed by atoms with Crippen LogP contribution in [0.2, 0.25) is 0 Å². The van der Waals surface area contributed by atoms with Crippen molar-refractivity contribution in [3.8, 4) is 11.1 Å². The first-order valence-electron chi connectivity index (χ1n) is 6.90. The van der Waals surface area contributed by atoms with Gasteiger partial charge in [-0.3, -0.25) is 9.67 Å². The SMILES string of the molecule is CCn1nc(N)c(-c2cc(C(F)(F)F)cc3c2C=NC3)c1C. The van der Waals surface area contributed by atoms with Crippen molar-refractivity contribution >= 4 is 12.0 Å². The molecule has 1 aliphatic heterocycles. The van der Waals surface area contributed by atoms with Crippen LogP contribution in [0, 0.1) is 6.92 Å². The van der Waals surface area contributed by atoms with E-state index in [0.29, 0.717) is 28.8 Å². The summed E-state index contributed by atoms with van der Waals surface area (Å²) in [5, 5.41) is 4.19. The van der Waals surface area contributed by atoms with Crippen LogP contribution in [0.5, 0.6) is 0 Å². The highest BCUT2D eigenvalue weighted by molar-refractivity contribution is 5.96. The molecule has 4 nitrogen and oxygen atoms in total. The van der Waals surface area contributed by atoms with E-state index in [-0.39, 0.29) is 12.4 Å². The fraction of sp³-hybridized carbons (Fsp3) is 0.333. The number of fused-ring (bicyclic) bond motifs is 1. The molecule has 0 unspecified atom stereocenters. The molecule has 0 saturated heterocycles. The fourth-order valence-electron chi connectivity index (χ4n) is 2.81. The number of aromatic nitrogens is 2. The zero-order valence-electron chi connectivity index (χ0n) is 12.2. The Balaban J connectivity index is 2.29. The Morgan fingerprint density at radius 2 is 2.05 bits per heavy atom. The lowest BCUT2D eigenvalue weighted by atomic mass is 9.94. The third-order valence-electron chi connectivity index (χ3n) is 3.88. The van der Waals surface area contributed by atoms with E-state index in [1.54, 1.807) is 17.8 Å². The zero-order chi connectivity index (χ0) is 16.1. The van der Waals surface area contributed by atoms with E-state index in [0.717, 1.165) is 17.8 Å². The molecule has 0 radical (unpaired) electrons. The second-order valence-corrected chi connectivity index (χ2v) is 5.23. The summed E-state index contributed by atoms with van der Waals surface area (Å²) in [5.74, 6) is 0.237. The van der Waals surface area contributed by atoms with Crippen LogP contribution in [-0.4, -0.2) is 16.0 Å². The van der Waals surface area contributed by atoms with Gasteiger partial charge in [0.2, 0.25) is 0 Å². The number of alkyl halides is 3. The molecule has 1 aromatic heterocycles. The van der Waals surface area contributed by atoms with Crippen molar-refractivity contribution in [2.24, 2.45) is 4.99 Å². The standard InChI is InChI=1S/C15H15F3N4/c1-3-22-8(2)13(14(19)21-22)11-5-10(15(16,17)18)4-9-6-20-7-12(9)11/h4-5,7H,3,6H2,1-2H3,(H2,19,21). The number of nitrogens with two attached hydrogens (primary N) is 1. The van der Waals surface area contributed by atoms with Gasteiger partial charge in [0, 0.05) is 29.6 Å². The lowest BCUT2D eigenvalue weighted by Crippen LogP contribution is -2.07. The molecule has 3 rings (SSSR count). The highest BCUT2D eigenvalue weighted by atomic mass is 19.4. The Bertz CT molecular complexity index is 772. The van der Waals surface area contributed by atoms with Crippen molar-refractivity contribution in [1.29, 1.82) is 0 Å². The summed E-state index contributed by atoms with van der Waals surface area (Å²) in [5.41, 5.74) is 8.27. The van der Waals surface area contributed by atoms with Gasteiger partial charge in [-0.15, -0.1) is 0 Å². The van der Waals surface area contributed by atoms with Gasteiger partial charge in [0.1, 0.15) is 0 Å². The summed E-state index contributed by atoms with van der Waals surface area (Å²) in [7, 11) is 0. The second-order valence-electron chi connectivity index (χ2n) is 5.23. The Labute approximate surface area is 125 Å². The lowest BCUT2D eigenvalue weighted by Gasteiger charge is -2.13. The maximum Gasteiger partial charge on any atom is 0.416 e. The molecule has 0 amide bonds. The molecule has 0 fully saturated rings. The van der Waals surface area contributed by atoms with E-state index in [2.05, 4.69) is 10.1 Å². The van der Waals surface area contributed by atoms with Gasteiger partial charge in [-0.25, -0.2) is 0 Å². The zero-order valence-corrected chi connectivity index (χ0v) is 12.2. The molecule has 0 saturated carbocycles. The number of hydrogen-bond acceptors (Lipinski definition) is 3. The van der Waals surface area contributed by atoms with Crippen LogP contribution in [0.25, 0.3) is 11.1 Å². The van der Waals surface area contributed by atoms with E-state index in [4.69, 9.17) is 5.73 Å². The smallest absolute Gasteiger partial charge is 0.382 e. The highest BCUT2D eigenvalue weighted by Crippen LogP contribution is 2.39. The number of aryl methyl sites for hydroxylation is 1. The average Bonchev–Trinajstić information content (AvgIpc) is 3.01. The molecule has 0 spiro atoms. The predicted octanol–water partition coefficient (Wildman–Crippen LogP) is 3.41. The molecule has 1 aromatic carbocycles. The number of halogens is 3. The maximum atomic E-state index is 13.1. The molecule has 1 aliphatic rings. The molecule has 116 valence electrons. The van der Waals surface area contributed by atoms with E-state index in [1.807, 2.05) is 6.92 Å². The number of hydrogen-bond donors (Lipinski definition) is 1. The first-order chi connectivity index (χ1) is 10.3. The number of nitrogen functional groups attached to an aromatic ring is 1. The third kappa shape index (κ3) is 2.17. The van der Waals surface area contributed by atoms with Crippen LogP contribution < -0.4 is 5.73 Å². The van der Waals surface area contributed by atoms with Gasteiger partial charge in [0.15, 0.2) is 5.82 Å². The van der Waals surface area contributed by atoms with Crippen molar-refractivity contribution in [2.75, 3.05) is 5.73 Å². The first kappa shape index (κ1) is 14.6. The molecular formula is C15H15F3N4. The molecule has 7 heteroatoms. The number of aliphatic imine (C=N–C) groups is 1. The summed E-state index contributed by atoms with van der Waals surface area (Å²) >= 11 is 0. The van der Waals surface area contributed by atoms with Crippen LogP contribution in [0.4, 0.5) is 19.0 Å². The van der Waals surface area contributed by atoms with E-state index >= 15 is 0 Å². The molecule has 0 atom stereocenters. The van der Waals surface area contributed by atoms with Crippen LogP contribution in [0.15, 0.2) is 17.1 Å². The van der Waals surface area contributed by atoms with Gasteiger partial charge in [-0.1, -0.05) is 0 Å². The number of benzene rings is 1. The van der Waals surface area contributed by atoms with Crippen LogP contribution in [0.3, 0.4) is 0 Å². The Kier molecular flexibility index (Phi) is 3.23. The monoisotopic (exact) mass is 308 g/mol. The molecule has 0 aliphatic carbocycles. The topological polar surface area (TPSA) is 56.2 Å². The summed E-state index contributed by atoms with van der Waals surface area (Å²) in [4.78, 5) is 4.09. The Hall–Kier alpha value is -2.31. The third-order valence-corrected chi connectivity index (χ3v) is 3.88. The van der Waals surface area contributed by atoms with Crippen LogP contribution in [-0.2, 0) is 19.3 Å². The van der Waals surface area contributed by atoms with Crippen molar-refractivity contribution in [1.82, 2.24) is 9.78 Å². The summed E-state index contributed by atoms with van der Waals surface area (Å²) in [6.07, 6.45) is -2.80. The molecule has 2 N–H and O–H groups in total. The molecule has 22 heavy (non-hydrogen) atoms. The van der Waals surface area contributed by atoms with Gasteiger partial charge in [-0.05, 0) is 37.1 Å². The number of rotatable bonds is 2. The van der Waals surface area contributed by atoms with E-state index in [1.165, 1.54) is 0 Å². The largest absolute Gasteiger partial charge is 0.416 e. The summed E-state index contributed by atoms with van der Waals surface area (Å²) in [6, 6.07) is 2.29. The molecular weight excluding hydrogens is 293 g/mol. The van der Waals surface area contributed by atoms with Gasteiger partial charge < -0.3 is 5.73 Å². The average molecular weight is 308 g/mol. The Morgan fingerprint density at radius 1 is 1.32 bits per heavy atom. The van der Waals surface area contributed by atoms with Gasteiger partial charge in [-0.2, -0.15) is 18.3 Å². The summed E-state index contributed by atoms with van der Waals surface area (Å²) in [6.45, 7) is 4.57. The van der Waals surface area contributed by atoms with Gasteiger partial charge in [0.05, 0.1) is 12.1 Å². The van der Waals surface area contributed by atoms with Crippen LogP contribution >= 0.6 is 0 Å². The minimum absolute atomic E-state index is 0.237. The molecule has 0 bridgehead atoms. The van der Waals surface area contributed by atoms with Crippen molar-refractivity contribution in [3.05, 3.63) is 34.5 Å². The van der Waals surface area contributed by atoms with Crippen molar-refractivity contribution in [3.63, 3.8) is 0 Å². The minimum atomic E-state index is -4.41. The van der Waals surface area contributed by atoms with E-state index in [9.17, 15) is 13.2 Å². The van der Waals surface area contributed by atoms with Crippen LogP contribution in [0.1, 0.15) is 29.3 Å². The van der Waals surface area contributed by atoms with Crippen molar-refractivity contribution < 1.29 is 13.2 Å². The predicted molar refractivity (Wildman–Crippen MR) is 78.8 cm³/mol. The summed E-state index contributed by atoms with van der Waals surface area (Å²) < 4.78 is 41.1.